The summed E-state index contributed by atoms with van der Waals surface area (Å²) >= 11 is 0. The quantitative estimate of drug-likeness (QED) is 0.518. The fourth-order valence-corrected chi connectivity index (χ4v) is 2.60. The first-order valence-corrected chi connectivity index (χ1v) is 6.95. The molecule has 0 saturated carbocycles. The average Bonchev–Trinajstić information content (AvgIpc) is 2.76. The Morgan fingerprint density at radius 2 is 1.64 bits per heavy atom. The maximum atomic E-state index is 12.0. The average molecular weight is 298 g/mol. The first-order chi connectivity index (χ1) is 10.3. The highest BCUT2D eigenvalue weighted by Crippen LogP contribution is 2.37. The molecular weight excluding hydrogens is 280 g/mol. The molecule has 0 spiro atoms. The van der Waals surface area contributed by atoms with E-state index in [2.05, 4.69) is 0 Å². The molecule has 0 saturated heterocycles. The summed E-state index contributed by atoms with van der Waals surface area (Å²) in [5.41, 5.74) is 1.83. The van der Waals surface area contributed by atoms with Crippen LogP contribution in [0.15, 0.2) is 40.5 Å². The molecule has 1 aromatic carbocycles. The van der Waals surface area contributed by atoms with Gasteiger partial charge in [-0.25, -0.2) is 0 Å². The van der Waals surface area contributed by atoms with E-state index in [0.717, 1.165) is 5.56 Å². The van der Waals surface area contributed by atoms with Gasteiger partial charge < -0.3 is 9.52 Å². The van der Waals surface area contributed by atoms with E-state index < -0.39 is 0 Å². The lowest BCUT2D eigenvalue weighted by Crippen LogP contribution is -2.01. The maximum Gasteiger partial charge on any atom is 0.166 e. The first-order valence-electron chi connectivity index (χ1n) is 6.95. The van der Waals surface area contributed by atoms with E-state index >= 15 is 0 Å². The molecule has 0 fully saturated rings. The standard InChI is InChI=1S/C18H18O4/c1-10(19)15(11(2)20)18-17(14-8-6-5-7-9-14)16(12(3)21)13(4)22-18/h5-9,19H,1-4H3/b15-10+. The smallest absolute Gasteiger partial charge is 0.166 e. The monoisotopic (exact) mass is 298 g/mol. The summed E-state index contributed by atoms with van der Waals surface area (Å²) in [6, 6.07) is 9.22. The van der Waals surface area contributed by atoms with Crippen molar-refractivity contribution >= 4 is 17.1 Å². The minimum atomic E-state index is -0.318. The summed E-state index contributed by atoms with van der Waals surface area (Å²) in [6.07, 6.45) is 0. The van der Waals surface area contributed by atoms with Gasteiger partial charge in [0, 0.05) is 5.56 Å². The van der Waals surface area contributed by atoms with Crippen molar-refractivity contribution in [2.24, 2.45) is 0 Å². The lowest BCUT2D eigenvalue weighted by molar-refractivity contribution is -0.112. The van der Waals surface area contributed by atoms with Gasteiger partial charge in [0.05, 0.1) is 11.1 Å². The van der Waals surface area contributed by atoms with Crippen molar-refractivity contribution in [1.82, 2.24) is 0 Å². The molecule has 2 aromatic rings. The van der Waals surface area contributed by atoms with E-state index in [1.165, 1.54) is 20.8 Å². The molecule has 4 heteroatoms. The molecule has 0 radical (unpaired) electrons. The number of allylic oxidation sites excluding steroid dienone is 2. The molecule has 1 N–H and O–H groups in total. The Bertz CT molecular complexity index is 760. The molecule has 1 heterocycles. The second-order valence-corrected chi connectivity index (χ2v) is 5.18. The van der Waals surface area contributed by atoms with Gasteiger partial charge >= 0.3 is 0 Å². The van der Waals surface area contributed by atoms with Crippen LogP contribution < -0.4 is 0 Å². The maximum absolute atomic E-state index is 12.0. The number of aliphatic hydroxyl groups excluding tert-OH is 1. The zero-order valence-corrected chi connectivity index (χ0v) is 13.1. The number of rotatable bonds is 4. The van der Waals surface area contributed by atoms with Crippen LogP contribution in [0.3, 0.4) is 0 Å². The van der Waals surface area contributed by atoms with Crippen LogP contribution in [0.5, 0.6) is 0 Å². The Balaban J connectivity index is 2.88. The number of aryl methyl sites for hydroxylation is 1. The largest absolute Gasteiger partial charge is 0.512 e. The molecule has 0 amide bonds. The molecule has 0 atom stereocenters. The summed E-state index contributed by atoms with van der Waals surface area (Å²) in [5, 5.41) is 9.86. The molecular formula is C18H18O4. The molecule has 0 aliphatic heterocycles. The molecule has 0 aliphatic rings. The Hall–Kier alpha value is -2.62. The van der Waals surface area contributed by atoms with Crippen LogP contribution in [0.25, 0.3) is 16.7 Å². The first kappa shape index (κ1) is 15.8. The topological polar surface area (TPSA) is 67.5 Å². The Morgan fingerprint density at radius 3 is 2.09 bits per heavy atom. The van der Waals surface area contributed by atoms with E-state index in [-0.39, 0.29) is 28.7 Å². The van der Waals surface area contributed by atoms with Crippen molar-refractivity contribution in [3.05, 3.63) is 53.2 Å². The van der Waals surface area contributed by atoms with E-state index in [1.54, 1.807) is 6.92 Å². The lowest BCUT2D eigenvalue weighted by atomic mass is 9.94. The molecule has 114 valence electrons. The predicted molar refractivity (Wildman–Crippen MR) is 84.8 cm³/mol. The minimum absolute atomic E-state index is 0.0921. The lowest BCUT2D eigenvalue weighted by Gasteiger charge is -2.07. The number of carbonyl (C=O) groups excluding carboxylic acids is 2. The van der Waals surface area contributed by atoms with Crippen molar-refractivity contribution in [1.29, 1.82) is 0 Å². The van der Waals surface area contributed by atoms with Crippen molar-refractivity contribution in [3.8, 4) is 11.1 Å². The van der Waals surface area contributed by atoms with E-state index in [0.29, 0.717) is 16.9 Å². The number of hydrogen-bond donors (Lipinski definition) is 1. The third-order valence-corrected chi connectivity index (χ3v) is 3.44. The van der Waals surface area contributed by atoms with Gasteiger partial charge in [0.1, 0.15) is 17.3 Å². The van der Waals surface area contributed by atoms with Gasteiger partial charge in [0.2, 0.25) is 0 Å². The highest BCUT2D eigenvalue weighted by Gasteiger charge is 2.27. The molecule has 1 aromatic heterocycles. The van der Waals surface area contributed by atoms with Gasteiger partial charge in [-0.2, -0.15) is 0 Å². The number of Topliss-reactive ketones (excluding diaryl/α,β-unsaturated/α-hetero) is 2. The third kappa shape index (κ3) is 2.72. The third-order valence-electron chi connectivity index (χ3n) is 3.44. The van der Waals surface area contributed by atoms with Crippen LogP contribution in [0.2, 0.25) is 0 Å². The van der Waals surface area contributed by atoms with E-state index in [4.69, 9.17) is 4.42 Å². The highest BCUT2D eigenvalue weighted by molar-refractivity contribution is 6.22. The van der Waals surface area contributed by atoms with Crippen LogP contribution >= 0.6 is 0 Å². The molecule has 0 aliphatic carbocycles. The van der Waals surface area contributed by atoms with Crippen LogP contribution in [0.4, 0.5) is 0 Å². The van der Waals surface area contributed by atoms with Crippen LogP contribution in [-0.4, -0.2) is 16.7 Å². The Kier molecular flexibility index (Phi) is 4.31. The summed E-state index contributed by atoms with van der Waals surface area (Å²) in [7, 11) is 0. The van der Waals surface area contributed by atoms with Crippen molar-refractivity contribution < 1.29 is 19.1 Å². The zero-order chi connectivity index (χ0) is 16.4. The number of aliphatic hydroxyl groups is 1. The van der Waals surface area contributed by atoms with Gasteiger partial charge in [0.15, 0.2) is 11.6 Å². The van der Waals surface area contributed by atoms with Crippen molar-refractivity contribution in [2.45, 2.75) is 27.7 Å². The van der Waals surface area contributed by atoms with E-state index in [1.807, 2.05) is 30.3 Å². The summed E-state index contributed by atoms with van der Waals surface area (Å²) < 4.78 is 5.69. The number of benzene rings is 1. The molecule has 0 unspecified atom stereocenters. The van der Waals surface area contributed by atoms with Gasteiger partial charge in [-0.3, -0.25) is 9.59 Å². The SMILES string of the molecule is CC(=O)/C(=C(/C)O)c1oc(C)c(C(C)=O)c1-c1ccccc1. The summed E-state index contributed by atoms with van der Waals surface area (Å²) in [5.74, 6) is 0.0715. The zero-order valence-electron chi connectivity index (χ0n) is 13.1. The molecule has 0 bridgehead atoms. The summed E-state index contributed by atoms with van der Waals surface area (Å²) in [4.78, 5) is 23.9. The van der Waals surface area contributed by atoms with Crippen molar-refractivity contribution in [2.75, 3.05) is 0 Å². The highest BCUT2D eigenvalue weighted by atomic mass is 16.3. The van der Waals surface area contributed by atoms with Crippen LogP contribution in [0, 0.1) is 6.92 Å². The van der Waals surface area contributed by atoms with Gasteiger partial charge in [-0.15, -0.1) is 0 Å². The number of ketones is 2. The Morgan fingerprint density at radius 1 is 1.05 bits per heavy atom. The molecule has 22 heavy (non-hydrogen) atoms. The van der Waals surface area contributed by atoms with Crippen LogP contribution in [-0.2, 0) is 4.79 Å². The number of carbonyl (C=O) groups is 2. The van der Waals surface area contributed by atoms with Crippen molar-refractivity contribution in [3.63, 3.8) is 0 Å². The van der Waals surface area contributed by atoms with E-state index in [9.17, 15) is 14.7 Å². The molecule has 4 nitrogen and oxygen atoms in total. The predicted octanol–water partition coefficient (Wildman–Crippen LogP) is 4.34. The fourth-order valence-electron chi connectivity index (χ4n) is 2.60. The Labute approximate surface area is 129 Å². The van der Waals surface area contributed by atoms with Gasteiger partial charge in [-0.1, -0.05) is 30.3 Å². The van der Waals surface area contributed by atoms with Crippen LogP contribution in [0.1, 0.15) is 42.6 Å². The second-order valence-electron chi connectivity index (χ2n) is 5.18. The number of furan rings is 1. The minimum Gasteiger partial charge on any atom is -0.512 e. The normalized spacial score (nSPS) is 12.0. The van der Waals surface area contributed by atoms with Gasteiger partial charge in [-0.05, 0) is 33.3 Å². The number of hydrogen-bond acceptors (Lipinski definition) is 4. The second kappa shape index (κ2) is 6.02. The fraction of sp³-hybridized carbons (Fsp3) is 0.222. The molecule has 2 rings (SSSR count). The van der Waals surface area contributed by atoms with Gasteiger partial charge in [0.25, 0.3) is 0 Å². The summed E-state index contributed by atoms with van der Waals surface area (Å²) in [6.45, 7) is 5.92.